The molecule has 2 aromatic carbocycles. The zero-order valence-electron chi connectivity index (χ0n) is 10.8. The first-order valence-electron chi connectivity index (χ1n) is 5.85. The first-order chi connectivity index (χ1) is 10.3. The van der Waals surface area contributed by atoms with Gasteiger partial charge in [0.15, 0.2) is 0 Å². The molecule has 0 aliphatic carbocycles. The molecular formula is C14H8FNO6. The molecule has 22 heavy (non-hydrogen) atoms. The molecule has 0 amide bonds. The SMILES string of the molecule is O=C(O)c1cc(-c2cc(C(=O)O)ccc2F)cc([N+](=O)[O-])c1. The van der Waals surface area contributed by atoms with Crippen molar-refractivity contribution in [2.24, 2.45) is 0 Å². The number of nitro benzene ring substituents is 1. The number of hydrogen-bond acceptors (Lipinski definition) is 4. The van der Waals surface area contributed by atoms with Crippen LogP contribution in [0.2, 0.25) is 0 Å². The molecule has 112 valence electrons. The molecule has 8 heteroatoms. The Balaban J connectivity index is 2.71. The number of carboxylic acid groups (broad SMARTS) is 2. The average Bonchev–Trinajstić information content (AvgIpc) is 2.46. The summed E-state index contributed by atoms with van der Waals surface area (Å²) in [6, 6.07) is 5.79. The molecule has 0 fully saturated rings. The van der Waals surface area contributed by atoms with Gasteiger partial charge in [-0.15, -0.1) is 0 Å². The third kappa shape index (κ3) is 2.90. The predicted octanol–water partition coefficient (Wildman–Crippen LogP) is 2.80. The molecule has 0 saturated carbocycles. The van der Waals surface area contributed by atoms with Crippen molar-refractivity contribution < 1.29 is 29.1 Å². The second-order valence-corrected chi connectivity index (χ2v) is 4.33. The van der Waals surface area contributed by atoms with E-state index in [1.165, 1.54) is 0 Å². The maximum Gasteiger partial charge on any atom is 0.335 e. The molecule has 0 bridgehead atoms. The van der Waals surface area contributed by atoms with Crippen LogP contribution in [0.5, 0.6) is 0 Å². The quantitative estimate of drug-likeness (QED) is 0.662. The van der Waals surface area contributed by atoms with Crippen LogP contribution in [0.4, 0.5) is 10.1 Å². The van der Waals surface area contributed by atoms with Gasteiger partial charge in [0.25, 0.3) is 5.69 Å². The van der Waals surface area contributed by atoms with Crippen LogP contribution in [0.1, 0.15) is 20.7 Å². The summed E-state index contributed by atoms with van der Waals surface area (Å²) in [6.07, 6.45) is 0. The minimum absolute atomic E-state index is 0.0906. The molecule has 0 unspecified atom stereocenters. The Hall–Kier alpha value is -3.29. The number of carbonyl (C=O) groups is 2. The highest BCUT2D eigenvalue weighted by atomic mass is 19.1. The molecule has 0 spiro atoms. The molecule has 0 radical (unpaired) electrons. The molecule has 2 aromatic rings. The van der Waals surface area contributed by atoms with E-state index in [1.54, 1.807) is 0 Å². The van der Waals surface area contributed by atoms with E-state index in [9.17, 15) is 24.1 Å². The number of aromatic carboxylic acids is 2. The molecule has 0 aliphatic rings. The predicted molar refractivity (Wildman–Crippen MR) is 72.4 cm³/mol. The highest BCUT2D eigenvalue weighted by Crippen LogP contribution is 2.29. The number of halogens is 1. The number of nitrogens with zero attached hydrogens (tertiary/aromatic N) is 1. The number of rotatable bonds is 4. The van der Waals surface area contributed by atoms with Gasteiger partial charge >= 0.3 is 11.9 Å². The zero-order valence-corrected chi connectivity index (χ0v) is 10.8. The van der Waals surface area contributed by atoms with Gasteiger partial charge < -0.3 is 10.2 Å². The monoisotopic (exact) mass is 305 g/mol. The van der Waals surface area contributed by atoms with Crippen molar-refractivity contribution in [1.29, 1.82) is 0 Å². The molecule has 0 heterocycles. The van der Waals surface area contributed by atoms with Crippen LogP contribution >= 0.6 is 0 Å². The van der Waals surface area contributed by atoms with Crippen molar-refractivity contribution in [1.82, 2.24) is 0 Å². The maximum atomic E-state index is 13.9. The van der Waals surface area contributed by atoms with Crippen LogP contribution in [0.3, 0.4) is 0 Å². The zero-order chi connectivity index (χ0) is 16.4. The van der Waals surface area contributed by atoms with Crippen LogP contribution in [0.15, 0.2) is 36.4 Å². The van der Waals surface area contributed by atoms with Crippen molar-refractivity contribution in [2.75, 3.05) is 0 Å². The van der Waals surface area contributed by atoms with E-state index >= 15 is 0 Å². The lowest BCUT2D eigenvalue weighted by Crippen LogP contribution is -2.01. The summed E-state index contributed by atoms with van der Waals surface area (Å²) in [5, 5.41) is 28.7. The largest absolute Gasteiger partial charge is 0.478 e. The number of benzene rings is 2. The van der Waals surface area contributed by atoms with Crippen molar-refractivity contribution in [3.05, 3.63) is 63.5 Å². The highest BCUT2D eigenvalue weighted by Gasteiger charge is 2.17. The third-order valence-corrected chi connectivity index (χ3v) is 2.90. The van der Waals surface area contributed by atoms with Crippen LogP contribution in [0, 0.1) is 15.9 Å². The Morgan fingerprint density at radius 1 is 1.00 bits per heavy atom. The Bertz CT molecular complexity index is 770. The van der Waals surface area contributed by atoms with E-state index in [1.807, 2.05) is 0 Å². The maximum absolute atomic E-state index is 13.9. The number of non-ortho nitro benzene ring substituents is 1. The Kier molecular flexibility index (Phi) is 3.85. The smallest absolute Gasteiger partial charge is 0.335 e. The first-order valence-corrected chi connectivity index (χ1v) is 5.85. The van der Waals surface area contributed by atoms with Crippen LogP contribution in [0.25, 0.3) is 11.1 Å². The average molecular weight is 305 g/mol. The van der Waals surface area contributed by atoms with Crippen LogP contribution in [-0.4, -0.2) is 27.1 Å². The lowest BCUT2D eigenvalue weighted by Gasteiger charge is -2.06. The summed E-state index contributed by atoms with van der Waals surface area (Å²) in [6.45, 7) is 0. The van der Waals surface area contributed by atoms with Gasteiger partial charge in [-0.25, -0.2) is 14.0 Å². The number of nitro groups is 1. The van der Waals surface area contributed by atoms with Gasteiger partial charge in [0, 0.05) is 17.7 Å². The van der Waals surface area contributed by atoms with Gasteiger partial charge in [-0.05, 0) is 29.8 Å². The van der Waals surface area contributed by atoms with Gasteiger partial charge in [-0.3, -0.25) is 10.1 Å². The Morgan fingerprint density at radius 3 is 2.18 bits per heavy atom. The number of carboxylic acids is 2. The molecule has 0 atom stereocenters. The molecule has 2 N–H and O–H groups in total. The highest BCUT2D eigenvalue weighted by molar-refractivity contribution is 5.92. The van der Waals surface area contributed by atoms with Crippen LogP contribution < -0.4 is 0 Å². The van der Waals surface area contributed by atoms with E-state index in [4.69, 9.17) is 10.2 Å². The lowest BCUT2D eigenvalue weighted by atomic mass is 9.99. The van der Waals surface area contributed by atoms with E-state index in [0.717, 1.165) is 36.4 Å². The Morgan fingerprint density at radius 2 is 1.64 bits per heavy atom. The fourth-order valence-electron chi connectivity index (χ4n) is 1.88. The van der Waals surface area contributed by atoms with E-state index < -0.39 is 33.9 Å². The molecular weight excluding hydrogens is 297 g/mol. The molecule has 7 nitrogen and oxygen atoms in total. The van der Waals surface area contributed by atoms with Gasteiger partial charge in [0.1, 0.15) is 5.82 Å². The van der Waals surface area contributed by atoms with Crippen molar-refractivity contribution in [2.45, 2.75) is 0 Å². The second-order valence-electron chi connectivity index (χ2n) is 4.33. The lowest BCUT2D eigenvalue weighted by molar-refractivity contribution is -0.384. The summed E-state index contributed by atoms with van der Waals surface area (Å²) in [7, 11) is 0. The van der Waals surface area contributed by atoms with Gasteiger partial charge in [0.05, 0.1) is 16.1 Å². The minimum Gasteiger partial charge on any atom is -0.478 e. The van der Waals surface area contributed by atoms with Gasteiger partial charge in [-0.1, -0.05) is 0 Å². The summed E-state index contributed by atoms with van der Waals surface area (Å²) < 4.78 is 13.9. The molecule has 0 aliphatic heterocycles. The summed E-state index contributed by atoms with van der Waals surface area (Å²) >= 11 is 0. The molecule has 2 rings (SSSR count). The summed E-state index contributed by atoms with van der Waals surface area (Å²) in [5.41, 5.74) is -1.47. The molecule has 0 aromatic heterocycles. The van der Waals surface area contributed by atoms with Crippen molar-refractivity contribution in [3.63, 3.8) is 0 Å². The summed E-state index contributed by atoms with van der Waals surface area (Å²) in [5.74, 6) is -3.54. The first kappa shape index (κ1) is 15.1. The minimum atomic E-state index is -1.42. The normalized spacial score (nSPS) is 10.2. The van der Waals surface area contributed by atoms with E-state index in [2.05, 4.69) is 0 Å². The van der Waals surface area contributed by atoms with Crippen LogP contribution in [-0.2, 0) is 0 Å². The Labute approximate surface area is 122 Å². The van der Waals surface area contributed by atoms with E-state index in [-0.39, 0.29) is 16.7 Å². The standard InChI is InChI=1S/C14H8FNO6/c15-12-2-1-7(13(17)18)6-11(12)8-3-9(14(19)20)5-10(4-8)16(21)22/h1-6H,(H,17,18)(H,19,20). The van der Waals surface area contributed by atoms with E-state index in [0.29, 0.717) is 0 Å². The fourth-order valence-corrected chi connectivity index (χ4v) is 1.88. The van der Waals surface area contributed by atoms with Crippen molar-refractivity contribution >= 4 is 17.6 Å². The molecule has 0 saturated heterocycles. The van der Waals surface area contributed by atoms with Gasteiger partial charge in [-0.2, -0.15) is 0 Å². The summed E-state index contributed by atoms with van der Waals surface area (Å²) in [4.78, 5) is 32.0. The number of hydrogen-bond donors (Lipinski definition) is 2. The second kappa shape index (κ2) is 5.60. The fraction of sp³-hybridized carbons (Fsp3) is 0. The topological polar surface area (TPSA) is 118 Å². The van der Waals surface area contributed by atoms with Crippen molar-refractivity contribution in [3.8, 4) is 11.1 Å². The third-order valence-electron chi connectivity index (χ3n) is 2.90. The van der Waals surface area contributed by atoms with Gasteiger partial charge in [0.2, 0.25) is 0 Å².